The van der Waals surface area contributed by atoms with Crippen molar-refractivity contribution in [3.05, 3.63) is 22.2 Å². The van der Waals surface area contributed by atoms with Crippen molar-refractivity contribution in [3.63, 3.8) is 0 Å². The lowest BCUT2D eigenvalue weighted by molar-refractivity contribution is 0.0418. The summed E-state index contributed by atoms with van der Waals surface area (Å²) in [6.45, 7) is 3.55. The number of hydrogen-bond acceptors (Lipinski definition) is 3. The number of nitrogens with one attached hydrogen (secondary N) is 1. The molecular weight excluding hydrogens is 262 g/mol. The Hall–Kier alpha value is -1.23. The van der Waals surface area contributed by atoms with E-state index >= 15 is 0 Å². The van der Waals surface area contributed by atoms with E-state index in [0.717, 1.165) is 5.56 Å². The largest absolute Gasteiger partial charge is 0.508 e. The molecule has 2 N–H and O–H groups in total. The molecule has 0 bridgehead atoms. The van der Waals surface area contributed by atoms with Gasteiger partial charge in [0.25, 0.3) is 0 Å². The van der Waals surface area contributed by atoms with Crippen LogP contribution in [-0.4, -0.2) is 11.2 Å². The number of fused-ring (bicyclic) bond motifs is 1. The number of phenolic OH excluding ortho intramolecular Hbond substituents is 1. The summed E-state index contributed by atoms with van der Waals surface area (Å²) in [5.74, 6) is 0.133. The van der Waals surface area contributed by atoms with Gasteiger partial charge >= 0.3 is 6.09 Å². The standard InChI is InChI=1S/C10H10BrNO3/c1-10(2)6-3-5(13)4-7(11)8(6)12-9(14)15-10/h3-4,13H,1-2H3,(H,12,14). The van der Waals surface area contributed by atoms with Crippen LogP contribution in [0.5, 0.6) is 5.75 Å². The van der Waals surface area contributed by atoms with E-state index in [4.69, 9.17) is 4.74 Å². The van der Waals surface area contributed by atoms with Gasteiger partial charge in [-0.1, -0.05) is 0 Å². The van der Waals surface area contributed by atoms with Crippen molar-refractivity contribution in [2.45, 2.75) is 19.4 Å². The summed E-state index contributed by atoms with van der Waals surface area (Å²) < 4.78 is 5.77. The Morgan fingerprint density at radius 1 is 1.47 bits per heavy atom. The fourth-order valence-corrected chi connectivity index (χ4v) is 2.16. The topological polar surface area (TPSA) is 58.6 Å². The van der Waals surface area contributed by atoms with Gasteiger partial charge in [-0.25, -0.2) is 4.79 Å². The highest BCUT2D eigenvalue weighted by Gasteiger charge is 2.34. The molecule has 1 aliphatic rings. The van der Waals surface area contributed by atoms with E-state index in [1.165, 1.54) is 6.07 Å². The number of cyclic esters (lactones) is 1. The van der Waals surface area contributed by atoms with E-state index in [0.29, 0.717) is 10.2 Å². The third kappa shape index (κ3) is 1.67. The van der Waals surface area contributed by atoms with Crippen molar-refractivity contribution in [1.29, 1.82) is 0 Å². The number of rotatable bonds is 0. The zero-order chi connectivity index (χ0) is 11.2. The van der Waals surface area contributed by atoms with Crippen molar-refractivity contribution in [1.82, 2.24) is 0 Å². The maximum atomic E-state index is 11.3. The smallest absolute Gasteiger partial charge is 0.412 e. The molecule has 0 radical (unpaired) electrons. The number of benzene rings is 1. The predicted molar refractivity (Wildman–Crippen MR) is 58.9 cm³/mol. The molecule has 2 rings (SSSR count). The monoisotopic (exact) mass is 271 g/mol. The third-order valence-electron chi connectivity index (χ3n) is 2.30. The van der Waals surface area contributed by atoms with E-state index in [2.05, 4.69) is 21.2 Å². The third-order valence-corrected chi connectivity index (χ3v) is 2.92. The van der Waals surface area contributed by atoms with E-state index in [1.54, 1.807) is 19.9 Å². The normalized spacial score (nSPS) is 17.7. The first-order valence-electron chi connectivity index (χ1n) is 4.43. The van der Waals surface area contributed by atoms with Crippen LogP contribution in [0.15, 0.2) is 16.6 Å². The number of carbonyl (C=O) groups is 1. The predicted octanol–water partition coefficient (Wildman–Crippen LogP) is 2.95. The van der Waals surface area contributed by atoms with Gasteiger partial charge in [0.2, 0.25) is 0 Å². The highest BCUT2D eigenvalue weighted by molar-refractivity contribution is 9.10. The number of phenols is 1. The van der Waals surface area contributed by atoms with Gasteiger partial charge in [0.1, 0.15) is 11.4 Å². The zero-order valence-electron chi connectivity index (χ0n) is 8.30. The Kier molecular flexibility index (Phi) is 2.15. The number of carbonyl (C=O) groups excluding carboxylic acids is 1. The number of aromatic hydroxyl groups is 1. The van der Waals surface area contributed by atoms with Gasteiger partial charge in [-0.2, -0.15) is 0 Å². The minimum atomic E-state index is -0.737. The van der Waals surface area contributed by atoms with E-state index in [9.17, 15) is 9.90 Å². The first kappa shape index (κ1) is 10.3. The molecule has 0 saturated heterocycles. The maximum absolute atomic E-state index is 11.3. The van der Waals surface area contributed by atoms with Crippen molar-refractivity contribution in [3.8, 4) is 5.75 Å². The molecule has 80 valence electrons. The maximum Gasteiger partial charge on any atom is 0.412 e. The first-order valence-corrected chi connectivity index (χ1v) is 5.22. The Labute approximate surface area is 95.4 Å². The molecule has 15 heavy (non-hydrogen) atoms. The molecule has 0 aliphatic carbocycles. The summed E-state index contributed by atoms with van der Waals surface area (Å²) in [6.07, 6.45) is -0.487. The molecule has 0 atom stereocenters. The lowest BCUT2D eigenvalue weighted by Gasteiger charge is -2.33. The number of anilines is 1. The van der Waals surface area contributed by atoms with Crippen LogP contribution in [0, 0.1) is 0 Å². The van der Waals surface area contributed by atoms with Crippen molar-refractivity contribution in [2.75, 3.05) is 5.32 Å². The lowest BCUT2D eigenvalue weighted by atomic mass is 9.94. The number of amides is 1. The van der Waals surface area contributed by atoms with Crippen LogP contribution in [0.3, 0.4) is 0 Å². The van der Waals surface area contributed by atoms with Gasteiger partial charge < -0.3 is 9.84 Å². The van der Waals surface area contributed by atoms with Crippen LogP contribution < -0.4 is 5.32 Å². The minimum Gasteiger partial charge on any atom is -0.508 e. The lowest BCUT2D eigenvalue weighted by Crippen LogP contribution is -2.34. The quantitative estimate of drug-likeness (QED) is 0.714. The van der Waals surface area contributed by atoms with Gasteiger partial charge in [-0.3, -0.25) is 5.32 Å². The second-order valence-corrected chi connectivity index (χ2v) is 4.73. The summed E-state index contributed by atoms with van der Waals surface area (Å²) in [6, 6.07) is 3.11. The average molecular weight is 272 g/mol. The molecule has 4 nitrogen and oxygen atoms in total. The molecule has 1 heterocycles. The van der Waals surface area contributed by atoms with Crippen LogP contribution in [0.1, 0.15) is 19.4 Å². The van der Waals surface area contributed by atoms with Crippen LogP contribution in [0.4, 0.5) is 10.5 Å². The second kappa shape index (κ2) is 3.13. The molecule has 1 aromatic rings. The minimum absolute atomic E-state index is 0.133. The van der Waals surface area contributed by atoms with Gasteiger partial charge in [0.05, 0.1) is 5.69 Å². The fraction of sp³-hybridized carbons (Fsp3) is 0.300. The molecule has 0 saturated carbocycles. The van der Waals surface area contributed by atoms with Gasteiger partial charge in [0.15, 0.2) is 0 Å². The summed E-state index contributed by atoms with van der Waals surface area (Å²) in [7, 11) is 0. The van der Waals surface area contributed by atoms with Crippen LogP contribution in [-0.2, 0) is 10.3 Å². The summed E-state index contributed by atoms with van der Waals surface area (Å²) in [5.41, 5.74) is 0.655. The van der Waals surface area contributed by atoms with Gasteiger partial charge in [0, 0.05) is 10.0 Å². The second-order valence-electron chi connectivity index (χ2n) is 3.87. The first-order chi connectivity index (χ1) is 6.90. The molecule has 1 aliphatic heterocycles. The zero-order valence-corrected chi connectivity index (χ0v) is 9.88. The highest BCUT2D eigenvalue weighted by Crippen LogP contribution is 2.41. The number of ether oxygens (including phenoxy) is 1. The molecular formula is C10H10BrNO3. The molecule has 5 heteroatoms. The Balaban J connectivity index is 2.67. The van der Waals surface area contributed by atoms with Crippen molar-refractivity contribution < 1.29 is 14.6 Å². The average Bonchev–Trinajstić information content (AvgIpc) is 2.06. The summed E-state index contributed by atoms with van der Waals surface area (Å²) >= 11 is 3.28. The molecule has 0 fully saturated rings. The SMILES string of the molecule is CC1(C)OC(=O)Nc2c(Br)cc(O)cc21. The van der Waals surface area contributed by atoms with E-state index in [1.807, 2.05) is 0 Å². The van der Waals surface area contributed by atoms with Crippen LogP contribution in [0.25, 0.3) is 0 Å². The summed E-state index contributed by atoms with van der Waals surface area (Å²) in [4.78, 5) is 11.3. The molecule has 0 aromatic heterocycles. The van der Waals surface area contributed by atoms with E-state index < -0.39 is 11.7 Å². The molecule has 0 unspecified atom stereocenters. The fourth-order valence-electron chi connectivity index (χ4n) is 1.61. The number of hydrogen-bond donors (Lipinski definition) is 2. The van der Waals surface area contributed by atoms with Crippen LogP contribution in [0.2, 0.25) is 0 Å². The van der Waals surface area contributed by atoms with Crippen LogP contribution >= 0.6 is 15.9 Å². The highest BCUT2D eigenvalue weighted by atomic mass is 79.9. The Morgan fingerprint density at radius 2 is 2.13 bits per heavy atom. The Bertz CT molecular complexity index is 443. The van der Waals surface area contributed by atoms with E-state index in [-0.39, 0.29) is 5.75 Å². The number of halogens is 1. The molecule has 1 aromatic carbocycles. The molecule has 0 spiro atoms. The van der Waals surface area contributed by atoms with Gasteiger partial charge in [-0.05, 0) is 41.9 Å². The van der Waals surface area contributed by atoms with Crippen molar-refractivity contribution in [2.24, 2.45) is 0 Å². The summed E-state index contributed by atoms with van der Waals surface area (Å²) in [5, 5.41) is 12.1. The van der Waals surface area contributed by atoms with Gasteiger partial charge in [-0.15, -0.1) is 0 Å². The Morgan fingerprint density at radius 3 is 2.80 bits per heavy atom. The van der Waals surface area contributed by atoms with Crippen molar-refractivity contribution >= 4 is 27.7 Å². The molecule has 1 amide bonds.